The van der Waals surface area contributed by atoms with Gasteiger partial charge in [-0.2, -0.15) is 0 Å². The van der Waals surface area contributed by atoms with Gasteiger partial charge in [-0.05, 0) is 25.8 Å². The molecule has 1 rings (SSSR count). The number of hydrogen-bond donors (Lipinski definition) is 0. The SMILES string of the molecule is CC(C)=CCC#CCCc1ccccc1. The van der Waals surface area contributed by atoms with Gasteiger partial charge in [-0.3, -0.25) is 0 Å². The smallest absolute Gasteiger partial charge is 0.0272 e. The summed E-state index contributed by atoms with van der Waals surface area (Å²) in [4.78, 5) is 0. The van der Waals surface area contributed by atoms with E-state index in [0.717, 1.165) is 19.3 Å². The third-order valence-electron chi connectivity index (χ3n) is 2.12. The van der Waals surface area contributed by atoms with E-state index in [0.29, 0.717) is 0 Å². The molecule has 0 aliphatic carbocycles. The number of hydrogen-bond acceptors (Lipinski definition) is 0. The minimum absolute atomic E-state index is 0.886. The van der Waals surface area contributed by atoms with E-state index in [1.807, 2.05) is 6.07 Å². The highest BCUT2D eigenvalue weighted by Gasteiger charge is 1.87. The maximum Gasteiger partial charge on any atom is 0.0272 e. The van der Waals surface area contributed by atoms with Crippen molar-refractivity contribution >= 4 is 0 Å². The van der Waals surface area contributed by atoms with Crippen molar-refractivity contribution in [1.29, 1.82) is 0 Å². The highest BCUT2D eigenvalue weighted by molar-refractivity contribution is 5.16. The fourth-order valence-electron chi connectivity index (χ4n) is 1.27. The molecule has 0 bridgehead atoms. The summed E-state index contributed by atoms with van der Waals surface area (Å²) < 4.78 is 0. The maximum absolute atomic E-state index is 3.19. The third-order valence-corrected chi connectivity index (χ3v) is 2.12. The second-order valence-electron chi connectivity index (χ2n) is 3.82. The molecule has 1 aromatic carbocycles. The zero-order valence-corrected chi connectivity index (χ0v) is 9.59. The van der Waals surface area contributed by atoms with Gasteiger partial charge in [-0.1, -0.05) is 47.9 Å². The lowest BCUT2D eigenvalue weighted by atomic mass is 10.1. The van der Waals surface area contributed by atoms with Gasteiger partial charge >= 0.3 is 0 Å². The first-order chi connectivity index (χ1) is 7.29. The molecule has 78 valence electrons. The fourth-order valence-corrected chi connectivity index (χ4v) is 1.27. The van der Waals surface area contributed by atoms with E-state index < -0.39 is 0 Å². The van der Waals surface area contributed by atoms with Crippen LogP contribution in [0.25, 0.3) is 0 Å². The quantitative estimate of drug-likeness (QED) is 0.509. The van der Waals surface area contributed by atoms with E-state index in [1.165, 1.54) is 11.1 Å². The Morgan fingerprint density at radius 1 is 1.13 bits per heavy atom. The zero-order chi connectivity index (χ0) is 10.9. The van der Waals surface area contributed by atoms with Crippen LogP contribution in [0.4, 0.5) is 0 Å². The summed E-state index contributed by atoms with van der Waals surface area (Å²) in [6, 6.07) is 10.5. The standard InChI is InChI=1S/C15H18/c1-14(2)10-6-3-4-7-11-15-12-8-5-9-13-15/h5,8-10,12-13H,6-7,11H2,1-2H3. The van der Waals surface area contributed by atoms with Gasteiger partial charge in [0.15, 0.2) is 0 Å². The van der Waals surface area contributed by atoms with Crippen molar-refractivity contribution in [3.63, 3.8) is 0 Å². The van der Waals surface area contributed by atoms with Crippen molar-refractivity contribution in [2.45, 2.75) is 33.1 Å². The zero-order valence-electron chi connectivity index (χ0n) is 9.59. The van der Waals surface area contributed by atoms with Crippen molar-refractivity contribution in [1.82, 2.24) is 0 Å². The molecule has 0 heterocycles. The Morgan fingerprint density at radius 2 is 1.87 bits per heavy atom. The summed E-state index contributed by atoms with van der Waals surface area (Å²) in [6.45, 7) is 4.21. The Hall–Kier alpha value is -1.48. The predicted molar refractivity (Wildman–Crippen MR) is 66.6 cm³/mol. The van der Waals surface area contributed by atoms with Gasteiger partial charge in [-0.15, -0.1) is 5.92 Å². The molecule has 0 unspecified atom stereocenters. The lowest BCUT2D eigenvalue weighted by molar-refractivity contribution is 1.03. The highest BCUT2D eigenvalue weighted by atomic mass is 13.9. The Labute approximate surface area is 93.0 Å². The van der Waals surface area contributed by atoms with Crippen LogP contribution in [0.15, 0.2) is 42.0 Å². The van der Waals surface area contributed by atoms with Crippen LogP contribution in [-0.4, -0.2) is 0 Å². The Morgan fingerprint density at radius 3 is 2.53 bits per heavy atom. The van der Waals surface area contributed by atoms with Gasteiger partial charge in [0.1, 0.15) is 0 Å². The molecule has 0 aromatic heterocycles. The number of allylic oxidation sites excluding steroid dienone is 2. The van der Waals surface area contributed by atoms with Crippen molar-refractivity contribution in [3.05, 3.63) is 47.5 Å². The molecule has 0 heteroatoms. The summed E-state index contributed by atoms with van der Waals surface area (Å²) >= 11 is 0. The molecule has 0 nitrogen and oxygen atoms in total. The normalized spacial score (nSPS) is 8.93. The van der Waals surface area contributed by atoms with Crippen LogP contribution in [0.2, 0.25) is 0 Å². The molecule has 0 atom stereocenters. The van der Waals surface area contributed by atoms with E-state index in [2.05, 4.69) is 56.0 Å². The topological polar surface area (TPSA) is 0 Å². The predicted octanol–water partition coefficient (Wildman–Crippen LogP) is 3.98. The van der Waals surface area contributed by atoms with E-state index in [-0.39, 0.29) is 0 Å². The lowest BCUT2D eigenvalue weighted by Crippen LogP contribution is -1.81. The van der Waals surface area contributed by atoms with Crippen LogP contribution >= 0.6 is 0 Å². The number of rotatable bonds is 3. The van der Waals surface area contributed by atoms with E-state index in [4.69, 9.17) is 0 Å². The van der Waals surface area contributed by atoms with E-state index in [1.54, 1.807) is 0 Å². The minimum atomic E-state index is 0.886. The largest absolute Gasteiger partial charge is 0.103 e. The van der Waals surface area contributed by atoms with Crippen LogP contribution < -0.4 is 0 Å². The van der Waals surface area contributed by atoms with Gasteiger partial charge < -0.3 is 0 Å². The van der Waals surface area contributed by atoms with Gasteiger partial charge in [0.25, 0.3) is 0 Å². The lowest BCUT2D eigenvalue weighted by Gasteiger charge is -1.94. The number of benzene rings is 1. The molecule has 0 aliphatic rings. The van der Waals surface area contributed by atoms with Crippen LogP contribution in [-0.2, 0) is 6.42 Å². The Bertz CT molecular complexity index is 356. The van der Waals surface area contributed by atoms with Crippen LogP contribution in [0.5, 0.6) is 0 Å². The average molecular weight is 198 g/mol. The first-order valence-electron chi connectivity index (χ1n) is 5.42. The second kappa shape index (κ2) is 6.90. The van der Waals surface area contributed by atoms with E-state index >= 15 is 0 Å². The van der Waals surface area contributed by atoms with Crippen LogP contribution in [0.1, 0.15) is 32.3 Å². The summed E-state index contributed by atoms with van der Waals surface area (Å²) in [5, 5.41) is 0. The number of aryl methyl sites for hydroxylation is 1. The maximum atomic E-state index is 3.19. The minimum Gasteiger partial charge on any atom is -0.103 e. The first kappa shape index (κ1) is 11.6. The van der Waals surface area contributed by atoms with Crippen molar-refractivity contribution in [2.75, 3.05) is 0 Å². The molecule has 0 radical (unpaired) electrons. The monoisotopic (exact) mass is 198 g/mol. The molecule has 0 aliphatic heterocycles. The molecule has 0 N–H and O–H groups in total. The molecule has 0 fully saturated rings. The van der Waals surface area contributed by atoms with Crippen molar-refractivity contribution < 1.29 is 0 Å². The average Bonchev–Trinajstić information content (AvgIpc) is 2.24. The Kier molecular flexibility index (Phi) is 5.33. The summed E-state index contributed by atoms with van der Waals surface area (Å²) in [5.41, 5.74) is 2.71. The highest BCUT2D eigenvalue weighted by Crippen LogP contribution is 2.01. The van der Waals surface area contributed by atoms with Gasteiger partial charge in [0, 0.05) is 12.8 Å². The summed E-state index contributed by atoms with van der Waals surface area (Å²) in [7, 11) is 0. The third kappa shape index (κ3) is 5.75. The van der Waals surface area contributed by atoms with Gasteiger partial charge in [0.2, 0.25) is 0 Å². The van der Waals surface area contributed by atoms with Crippen LogP contribution in [0.3, 0.4) is 0 Å². The molecule has 15 heavy (non-hydrogen) atoms. The molecule has 0 saturated carbocycles. The van der Waals surface area contributed by atoms with E-state index in [9.17, 15) is 0 Å². The van der Waals surface area contributed by atoms with Gasteiger partial charge in [-0.25, -0.2) is 0 Å². The molecule has 1 aromatic rings. The van der Waals surface area contributed by atoms with Crippen molar-refractivity contribution in [3.8, 4) is 11.8 Å². The fraction of sp³-hybridized carbons (Fsp3) is 0.333. The first-order valence-corrected chi connectivity index (χ1v) is 5.42. The van der Waals surface area contributed by atoms with Crippen molar-refractivity contribution in [2.24, 2.45) is 0 Å². The summed E-state index contributed by atoms with van der Waals surface area (Å²) in [5.74, 6) is 6.36. The molecular formula is C15H18. The molecule has 0 spiro atoms. The van der Waals surface area contributed by atoms with Gasteiger partial charge in [0.05, 0.1) is 0 Å². The summed E-state index contributed by atoms with van der Waals surface area (Å²) in [6.07, 6.45) is 5.07. The molecule has 0 amide bonds. The second-order valence-corrected chi connectivity index (χ2v) is 3.82. The Balaban J connectivity index is 2.25. The molecule has 0 saturated heterocycles. The van der Waals surface area contributed by atoms with Crippen LogP contribution in [0, 0.1) is 11.8 Å². The molecular weight excluding hydrogens is 180 g/mol.